The van der Waals surface area contributed by atoms with Gasteiger partial charge in [-0.2, -0.15) is 0 Å². The maximum absolute atomic E-state index is 9.87. The zero-order valence-corrected chi connectivity index (χ0v) is 10.5. The number of phenols is 1. The number of halogens is 1. The number of aryl methyl sites for hydroxylation is 1. The molecule has 0 saturated heterocycles. The van der Waals surface area contributed by atoms with Crippen molar-refractivity contribution in [2.24, 2.45) is 0 Å². The van der Waals surface area contributed by atoms with Crippen molar-refractivity contribution < 1.29 is 10.8 Å². The van der Waals surface area contributed by atoms with Gasteiger partial charge in [0.1, 0.15) is 5.75 Å². The van der Waals surface area contributed by atoms with E-state index in [0.29, 0.717) is 11.6 Å². The molecule has 0 fully saturated rings. The van der Waals surface area contributed by atoms with Gasteiger partial charge in [-0.05, 0) is 25.1 Å². The molecule has 0 spiro atoms. The summed E-state index contributed by atoms with van der Waals surface area (Å²) in [5.74, 6) is 0.250. The van der Waals surface area contributed by atoms with E-state index in [1.165, 1.54) is 0 Å². The molecule has 0 amide bonds. The van der Waals surface area contributed by atoms with Gasteiger partial charge in [0.15, 0.2) is 0 Å². The second-order valence-corrected chi connectivity index (χ2v) is 4.49. The molecule has 0 radical (unpaired) electrons. The lowest BCUT2D eigenvalue weighted by molar-refractivity contribution is -0.386. The molecule has 0 aliphatic rings. The molecular formula is C14H15ClNO+. The summed E-state index contributed by atoms with van der Waals surface area (Å²) in [7, 11) is 0. The van der Waals surface area contributed by atoms with Crippen LogP contribution in [0.5, 0.6) is 5.75 Å². The minimum absolute atomic E-state index is 0.250. The highest BCUT2D eigenvalue weighted by atomic mass is 35.5. The fraction of sp³-hybridized carbons (Fsp3) is 0.143. The normalized spacial score (nSPS) is 10.5. The SMILES string of the molecule is Cc1ccc(O)c(-c2ccc(C[NH3+])cc2Cl)c1. The third-order valence-corrected chi connectivity index (χ3v) is 3.08. The average Bonchev–Trinajstić information content (AvgIpc) is 2.32. The summed E-state index contributed by atoms with van der Waals surface area (Å²) in [5.41, 5.74) is 7.63. The molecule has 2 rings (SSSR count). The first-order valence-electron chi connectivity index (χ1n) is 5.49. The van der Waals surface area contributed by atoms with Crippen molar-refractivity contribution in [3.05, 3.63) is 52.5 Å². The predicted molar refractivity (Wildman–Crippen MR) is 69.9 cm³/mol. The molecule has 0 aromatic heterocycles. The monoisotopic (exact) mass is 248 g/mol. The number of hydrogen-bond acceptors (Lipinski definition) is 1. The molecule has 0 bridgehead atoms. The predicted octanol–water partition coefficient (Wildman–Crippen LogP) is 2.76. The first-order valence-corrected chi connectivity index (χ1v) is 5.87. The summed E-state index contributed by atoms with van der Waals surface area (Å²) in [6, 6.07) is 11.3. The quantitative estimate of drug-likeness (QED) is 0.844. The molecule has 3 heteroatoms. The van der Waals surface area contributed by atoms with Gasteiger partial charge >= 0.3 is 0 Å². The molecule has 88 valence electrons. The summed E-state index contributed by atoms with van der Waals surface area (Å²) in [5, 5.41) is 10.5. The molecule has 2 nitrogen and oxygen atoms in total. The number of phenolic OH excluding ortho intramolecular Hbond substituents is 1. The smallest absolute Gasteiger partial charge is 0.123 e. The fourth-order valence-electron chi connectivity index (χ4n) is 1.80. The van der Waals surface area contributed by atoms with Gasteiger partial charge in [0, 0.05) is 21.7 Å². The zero-order chi connectivity index (χ0) is 12.4. The average molecular weight is 249 g/mol. The topological polar surface area (TPSA) is 47.9 Å². The second-order valence-electron chi connectivity index (χ2n) is 4.08. The van der Waals surface area contributed by atoms with E-state index in [0.717, 1.165) is 22.3 Å². The Morgan fingerprint density at radius 1 is 1.12 bits per heavy atom. The van der Waals surface area contributed by atoms with E-state index in [1.54, 1.807) is 6.07 Å². The highest BCUT2D eigenvalue weighted by Crippen LogP contribution is 2.35. The van der Waals surface area contributed by atoms with Crippen LogP contribution in [-0.2, 0) is 6.54 Å². The van der Waals surface area contributed by atoms with Crippen molar-refractivity contribution in [2.75, 3.05) is 0 Å². The Kier molecular flexibility index (Phi) is 3.36. The van der Waals surface area contributed by atoms with Crippen molar-refractivity contribution in [3.63, 3.8) is 0 Å². The van der Waals surface area contributed by atoms with Crippen LogP contribution in [0.25, 0.3) is 11.1 Å². The lowest BCUT2D eigenvalue weighted by atomic mass is 10.0. The van der Waals surface area contributed by atoms with Crippen LogP contribution in [0.2, 0.25) is 5.02 Å². The van der Waals surface area contributed by atoms with Gasteiger partial charge in [0.25, 0.3) is 0 Å². The summed E-state index contributed by atoms with van der Waals surface area (Å²) in [6.07, 6.45) is 0. The van der Waals surface area contributed by atoms with Crippen molar-refractivity contribution in [1.29, 1.82) is 0 Å². The van der Waals surface area contributed by atoms with E-state index >= 15 is 0 Å². The van der Waals surface area contributed by atoms with Gasteiger partial charge in [-0.1, -0.05) is 35.4 Å². The minimum atomic E-state index is 0.250. The number of hydrogen-bond donors (Lipinski definition) is 2. The van der Waals surface area contributed by atoms with Crippen LogP contribution < -0.4 is 5.73 Å². The molecule has 0 aliphatic heterocycles. The Bertz CT molecular complexity index is 552. The fourth-order valence-corrected chi connectivity index (χ4v) is 2.10. The van der Waals surface area contributed by atoms with Crippen LogP contribution in [0, 0.1) is 6.92 Å². The van der Waals surface area contributed by atoms with Gasteiger partial charge in [-0.3, -0.25) is 0 Å². The molecule has 4 N–H and O–H groups in total. The highest BCUT2D eigenvalue weighted by molar-refractivity contribution is 6.33. The van der Waals surface area contributed by atoms with E-state index in [-0.39, 0.29) is 5.75 Å². The molecule has 2 aromatic carbocycles. The van der Waals surface area contributed by atoms with Crippen LogP contribution >= 0.6 is 11.6 Å². The largest absolute Gasteiger partial charge is 0.507 e. The Morgan fingerprint density at radius 2 is 1.88 bits per heavy atom. The number of aromatic hydroxyl groups is 1. The van der Waals surface area contributed by atoms with E-state index in [2.05, 4.69) is 5.73 Å². The molecule has 0 atom stereocenters. The lowest BCUT2D eigenvalue weighted by Gasteiger charge is -2.09. The van der Waals surface area contributed by atoms with Crippen LogP contribution in [0.4, 0.5) is 0 Å². The molecule has 0 saturated carbocycles. The summed E-state index contributed by atoms with van der Waals surface area (Å²) in [6.45, 7) is 2.70. The first-order chi connectivity index (χ1) is 8.11. The summed E-state index contributed by atoms with van der Waals surface area (Å²) in [4.78, 5) is 0. The number of benzene rings is 2. The zero-order valence-electron chi connectivity index (χ0n) is 9.70. The molecule has 0 heterocycles. The lowest BCUT2D eigenvalue weighted by Crippen LogP contribution is -2.47. The second kappa shape index (κ2) is 4.78. The van der Waals surface area contributed by atoms with Crippen molar-refractivity contribution >= 4 is 11.6 Å². The molecule has 2 aromatic rings. The van der Waals surface area contributed by atoms with Gasteiger partial charge in [-0.15, -0.1) is 0 Å². The van der Waals surface area contributed by atoms with Crippen molar-refractivity contribution in [1.82, 2.24) is 0 Å². The molecular weight excluding hydrogens is 234 g/mol. The Hall–Kier alpha value is -1.51. The number of rotatable bonds is 2. The Labute approximate surface area is 106 Å². The first kappa shape index (κ1) is 12.0. The van der Waals surface area contributed by atoms with Gasteiger partial charge in [-0.25, -0.2) is 0 Å². The van der Waals surface area contributed by atoms with Crippen LogP contribution in [0.3, 0.4) is 0 Å². The van der Waals surface area contributed by atoms with Gasteiger partial charge in [0.2, 0.25) is 0 Å². The van der Waals surface area contributed by atoms with Crippen molar-refractivity contribution in [3.8, 4) is 16.9 Å². The number of quaternary nitrogens is 1. The van der Waals surface area contributed by atoms with E-state index in [9.17, 15) is 5.11 Å². The third-order valence-electron chi connectivity index (χ3n) is 2.76. The standard InChI is InChI=1S/C14H14ClNO/c1-9-2-5-14(17)12(6-9)11-4-3-10(8-16)7-13(11)15/h2-7,17H,8,16H2,1H3/p+1. The molecule has 0 unspecified atom stereocenters. The van der Waals surface area contributed by atoms with Crippen LogP contribution in [0.15, 0.2) is 36.4 Å². The van der Waals surface area contributed by atoms with E-state index < -0.39 is 0 Å². The van der Waals surface area contributed by atoms with Crippen molar-refractivity contribution in [2.45, 2.75) is 13.5 Å². The Balaban J connectivity index is 2.56. The van der Waals surface area contributed by atoms with Crippen LogP contribution in [0.1, 0.15) is 11.1 Å². The van der Waals surface area contributed by atoms with E-state index in [4.69, 9.17) is 11.6 Å². The molecule has 17 heavy (non-hydrogen) atoms. The summed E-state index contributed by atoms with van der Waals surface area (Å²) < 4.78 is 0. The van der Waals surface area contributed by atoms with Crippen LogP contribution in [-0.4, -0.2) is 5.11 Å². The van der Waals surface area contributed by atoms with Gasteiger partial charge in [0.05, 0.1) is 6.54 Å². The Morgan fingerprint density at radius 3 is 2.53 bits per heavy atom. The van der Waals surface area contributed by atoms with Gasteiger partial charge < -0.3 is 10.8 Å². The molecule has 0 aliphatic carbocycles. The van der Waals surface area contributed by atoms with E-state index in [1.807, 2.05) is 37.3 Å². The highest BCUT2D eigenvalue weighted by Gasteiger charge is 2.09. The third kappa shape index (κ3) is 2.43. The minimum Gasteiger partial charge on any atom is -0.507 e. The maximum atomic E-state index is 9.87. The maximum Gasteiger partial charge on any atom is 0.123 e. The summed E-state index contributed by atoms with van der Waals surface area (Å²) >= 11 is 6.23.